The minimum absolute atomic E-state index is 0.349. The van der Waals surface area contributed by atoms with Gasteiger partial charge in [0.15, 0.2) is 0 Å². The van der Waals surface area contributed by atoms with Crippen LogP contribution in [0.25, 0.3) is 11.3 Å². The molecule has 2 rings (SSSR count). The molecule has 0 aliphatic carbocycles. The number of hydrogen-bond donors (Lipinski definition) is 2. The fourth-order valence-electron chi connectivity index (χ4n) is 1.32. The number of carboxylic acids is 1. The molecule has 0 fully saturated rings. The number of aromatic nitrogens is 2. The van der Waals surface area contributed by atoms with Crippen molar-refractivity contribution < 1.29 is 9.90 Å². The van der Waals surface area contributed by atoms with Crippen LogP contribution in [0.4, 0.5) is 0 Å². The molecule has 2 aromatic rings. The van der Waals surface area contributed by atoms with E-state index >= 15 is 0 Å². The van der Waals surface area contributed by atoms with Crippen molar-refractivity contribution in [1.82, 2.24) is 9.97 Å². The third kappa shape index (κ3) is 1.98. The molecule has 0 spiro atoms. The minimum Gasteiger partial charge on any atom is -0.475 e. The molecular weight excluding hydrogens is 208 g/mol. The van der Waals surface area contributed by atoms with Crippen LogP contribution in [0, 0.1) is 0 Å². The van der Waals surface area contributed by atoms with Gasteiger partial charge in [0, 0.05) is 11.6 Å². The summed E-state index contributed by atoms with van der Waals surface area (Å²) >= 11 is 0. The molecular formula is C11H8N2O3. The van der Waals surface area contributed by atoms with E-state index in [0.29, 0.717) is 11.3 Å². The van der Waals surface area contributed by atoms with Crippen molar-refractivity contribution in [1.29, 1.82) is 0 Å². The van der Waals surface area contributed by atoms with Gasteiger partial charge in [-0.3, -0.25) is 4.79 Å². The van der Waals surface area contributed by atoms with Gasteiger partial charge in [-0.25, -0.2) is 9.78 Å². The van der Waals surface area contributed by atoms with Crippen LogP contribution in [0.1, 0.15) is 10.6 Å². The fourth-order valence-corrected chi connectivity index (χ4v) is 1.32. The van der Waals surface area contributed by atoms with Gasteiger partial charge in [0.2, 0.25) is 5.82 Å². The van der Waals surface area contributed by atoms with Crippen molar-refractivity contribution >= 4 is 5.97 Å². The summed E-state index contributed by atoms with van der Waals surface area (Å²) in [6.45, 7) is 0. The summed E-state index contributed by atoms with van der Waals surface area (Å²) in [6, 6.07) is 10.2. The van der Waals surface area contributed by atoms with Crippen molar-refractivity contribution in [3.63, 3.8) is 0 Å². The van der Waals surface area contributed by atoms with Gasteiger partial charge < -0.3 is 10.1 Å². The van der Waals surface area contributed by atoms with Gasteiger partial charge >= 0.3 is 5.97 Å². The number of aromatic amines is 1. The first-order chi connectivity index (χ1) is 7.66. The van der Waals surface area contributed by atoms with Crippen molar-refractivity contribution in [2.24, 2.45) is 0 Å². The van der Waals surface area contributed by atoms with Gasteiger partial charge in [0.25, 0.3) is 5.56 Å². The highest BCUT2D eigenvalue weighted by molar-refractivity contribution is 5.83. The monoisotopic (exact) mass is 216 g/mol. The van der Waals surface area contributed by atoms with Gasteiger partial charge in [0.1, 0.15) is 0 Å². The molecule has 0 radical (unpaired) electrons. The minimum atomic E-state index is -1.25. The van der Waals surface area contributed by atoms with Gasteiger partial charge in [-0.15, -0.1) is 0 Å². The summed E-state index contributed by atoms with van der Waals surface area (Å²) in [5, 5.41) is 8.75. The Balaban J connectivity index is 2.58. The van der Waals surface area contributed by atoms with Gasteiger partial charge in [-0.05, 0) is 0 Å². The van der Waals surface area contributed by atoms with Gasteiger partial charge in [-0.2, -0.15) is 0 Å². The first kappa shape index (κ1) is 10.1. The highest BCUT2D eigenvalue weighted by Gasteiger charge is 2.08. The Morgan fingerprint density at radius 3 is 2.56 bits per heavy atom. The summed E-state index contributed by atoms with van der Waals surface area (Å²) in [5.74, 6) is -1.61. The zero-order valence-electron chi connectivity index (χ0n) is 8.18. The normalized spacial score (nSPS) is 10.0. The summed E-state index contributed by atoms with van der Waals surface area (Å²) in [6.07, 6.45) is 0. The lowest BCUT2D eigenvalue weighted by Crippen LogP contribution is -2.15. The molecule has 5 heteroatoms. The average Bonchev–Trinajstić information content (AvgIpc) is 2.29. The molecule has 1 heterocycles. The molecule has 1 aromatic carbocycles. The van der Waals surface area contributed by atoms with E-state index in [-0.39, 0.29) is 5.82 Å². The Labute approximate surface area is 90.4 Å². The number of nitrogens with one attached hydrogen (secondary N) is 1. The molecule has 0 saturated heterocycles. The summed E-state index contributed by atoms with van der Waals surface area (Å²) in [7, 11) is 0. The van der Waals surface area contributed by atoms with E-state index in [0.717, 1.165) is 0 Å². The van der Waals surface area contributed by atoms with E-state index < -0.39 is 11.5 Å². The number of benzene rings is 1. The molecule has 0 aliphatic rings. The lowest BCUT2D eigenvalue weighted by Gasteiger charge is -2.00. The lowest BCUT2D eigenvalue weighted by molar-refractivity contribution is 0.0683. The second kappa shape index (κ2) is 3.98. The summed E-state index contributed by atoms with van der Waals surface area (Å²) < 4.78 is 0. The van der Waals surface area contributed by atoms with E-state index in [4.69, 9.17) is 5.11 Å². The molecule has 16 heavy (non-hydrogen) atoms. The maximum absolute atomic E-state index is 11.2. The molecule has 0 unspecified atom stereocenters. The first-order valence-corrected chi connectivity index (χ1v) is 4.57. The third-order valence-electron chi connectivity index (χ3n) is 2.01. The zero-order valence-corrected chi connectivity index (χ0v) is 8.18. The molecule has 0 saturated carbocycles. The van der Waals surface area contributed by atoms with E-state index in [1.54, 1.807) is 24.3 Å². The molecule has 5 nitrogen and oxygen atoms in total. The van der Waals surface area contributed by atoms with Crippen LogP contribution in [0.5, 0.6) is 0 Å². The van der Waals surface area contributed by atoms with E-state index in [2.05, 4.69) is 9.97 Å². The standard InChI is InChI=1S/C11H8N2O3/c14-9-6-8(7-4-2-1-3-5-7)12-10(13-9)11(15)16/h1-6H,(H,15,16)(H,12,13,14). The second-order valence-electron chi connectivity index (χ2n) is 3.15. The van der Waals surface area contributed by atoms with Crippen molar-refractivity contribution in [2.45, 2.75) is 0 Å². The zero-order chi connectivity index (χ0) is 11.5. The number of nitrogens with zero attached hydrogens (tertiary/aromatic N) is 1. The first-order valence-electron chi connectivity index (χ1n) is 4.57. The molecule has 0 atom stereocenters. The molecule has 0 bridgehead atoms. The van der Waals surface area contributed by atoms with Crippen LogP contribution in [-0.2, 0) is 0 Å². The average molecular weight is 216 g/mol. The van der Waals surface area contributed by atoms with Crippen LogP contribution in [0.2, 0.25) is 0 Å². The molecule has 80 valence electrons. The van der Waals surface area contributed by atoms with Gasteiger partial charge in [-0.1, -0.05) is 30.3 Å². The van der Waals surface area contributed by atoms with Crippen LogP contribution < -0.4 is 5.56 Å². The second-order valence-corrected chi connectivity index (χ2v) is 3.15. The van der Waals surface area contributed by atoms with Crippen molar-refractivity contribution in [3.05, 3.63) is 52.6 Å². The number of H-pyrrole nitrogens is 1. The van der Waals surface area contributed by atoms with E-state index in [9.17, 15) is 9.59 Å². The van der Waals surface area contributed by atoms with Crippen LogP contribution in [0.3, 0.4) is 0 Å². The summed E-state index contributed by atoms with van der Waals surface area (Å²) in [4.78, 5) is 27.9. The largest absolute Gasteiger partial charge is 0.475 e. The van der Waals surface area contributed by atoms with Crippen LogP contribution in [-0.4, -0.2) is 21.0 Å². The topological polar surface area (TPSA) is 83.0 Å². The Kier molecular flexibility index (Phi) is 2.51. The molecule has 1 aromatic heterocycles. The van der Waals surface area contributed by atoms with Crippen LogP contribution in [0.15, 0.2) is 41.2 Å². The van der Waals surface area contributed by atoms with E-state index in [1.165, 1.54) is 6.07 Å². The maximum atomic E-state index is 11.2. The number of rotatable bonds is 2. The lowest BCUT2D eigenvalue weighted by atomic mass is 10.1. The third-order valence-corrected chi connectivity index (χ3v) is 2.01. The highest BCUT2D eigenvalue weighted by Crippen LogP contribution is 2.13. The molecule has 0 amide bonds. The summed E-state index contributed by atoms with van der Waals surface area (Å²) in [5.41, 5.74) is 0.573. The fraction of sp³-hybridized carbons (Fsp3) is 0. The number of hydrogen-bond acceptors (Lipinski definition) is 3. The van der Waals surface area contributed by atoms with Crippen LogP contribution >= 0.6 is 0 Å². The van der Waals surface area contributed by atoms with Crippen molar-refractivity contribution in [3.8, 4) is 11.3 Å². The number of carbonyl (C=O) groups is 1. The van der Waals surface area contributed by atoms with Crippen molar-refractivity contribution in [2.75, 3.05) is 0 Å². The Morgan fingerprint density at radius 2 is 1.94 bits per heavy atom. The number of carboxylic acid groups (broad SMARTS) is 1. The maximum Gasteiger partial charge on any atom is 0.372 e. The number of aromatic carboxylic acids is 1. The smallest absolute Gasteiger partial charge is 0.372 e. The predicted molar refractivity (Wildman–Crippen MR) is 57.3 cm³/mol. The Hall–Kier alpha value is -2.43. The Bertz CT molecular complexity index is 575. The predicted octanol–water partition coefficient (Wildman–Crippen LogP) is 1.14. The SMILES string of the molecule is O=C(O)c1nc(-c2ccccc2)cc(=O)[nH]1. The quantitative estimate of drug-likeness (QED) is 0.788. The highest BCUT2D eigenvalue weighted by atomic mass is 16.4. The molecule has 2 N–H and O–H groups in total. The van der Waals surface area contributed by atoms with Gasteiger partial charge in [0.05, 0.1) is 5.69 Å². The molecule has 0 aliphatic heterocycles. The van der Waals surface area contributed by atoms with E-state index in [1.807, 2.05) is 6.07 Å². The Morgan fingerprint density at radius 1 is 1.25 bits per heavy atom.